The summed E-state index contributed by atoms with van der Waals surface area (Å²) < 4.78 is 27.2. The van der Waals surface area contributed by atoms with Crippen molar-refractivity contribution in [3.05, 3.63) is 64.7 Å². The molecule has 1 N–H and O–H groups in total. The molecule has 0 saturated carbocycles. The highest BCUT2D eigenvalue weighted by atomic mass is 32.2. The molecule has 0 spiro atoms. The van der Waals surface area contributed by atoms with Gasteiger partial charge < -0.3 is 5.32 Å². The molecule has 1 saturated heterocycles. The molecule has 162 valence electrons. The lowest BCUT2D eigenvalue weighted by molar-refractivity contribution is -0.120. The molecule has 0 aliphatic carbocycles. The van der Waals surface area contributed by atoms with Gasteiger partial charge in [0, 0.05) is 18.8 Å². The Morgan fingerprint density at radius 1 is 1.10 bits per heavy atom. The van der Waals surface area contributed by atoms with E-state index in [0.29, 0.717) is 25.8 Å². The van der Waals surface area contributed by atoms with Crippen LogP contribution >= 0.6 is 0 Å². The smallest absolute Gasteiger partial charge is 0.228 e. The van der Waals surface area contributed by atoms with Crippen LogP contribution in [0.2, 0.25) is 0 Å². The maximum Gasteiger partial charge on any atom is 0.228 e. The lowest BCUT2D eigenvalue weighted by atomic mass is 9.98. The fraction of sp³-hybridized carbons (Fsp3) is 0.458. The highest BCUT2D eigenvalue weighted by Crippen LogP contribution is 2.25. The van der Waals surface area contributed by atoms with Gasteiger partial charge in [-0.15, -0.1) is 0 Å². The van der Waals surface area contributed by atoms with E-state index in [0.717, 1.165) is 34.4 Å². The first-order chi connectivity index (χ1) is 14.3. The van der Waals surface area contributed by atoms with Crippen molar-refractivity contribution in [3.8, 4) is 0 Å². The summed E-state index contributed by atoms with van der Waals surface area (Å²) in [5.74, 6) is -0.288. The normalized spacial score (nSPS) is 17.6. The largest absolute Gasteiger partial charge is 0.325 e. The molecular formula is C24H32N2O3S. The third-order valence-corrected chi connectivity index (χ3v) is 7.71. The van der Waals surface area contributed by atoms with Crippen LogP contribution in [0.5, 0.6) is 0 Å². The number of amides is 1. The Morgan fingerprint density at radius 3 is 2.43 bits per heavy atom. The second-order valence-corrected chi connectivity index (χ2v) is 10.5. The molecule has 1 aliphatic heterocycles. The summed E-state index contributed by atoms with van der Waals surface area (Å²) in [6.45, 7) is 6.77. The first-order valence-electron chi connectivity index (χ1n) is 10.7. The van der Waals surface area contributed by atoms with Gasteiger partial charge in [-0.05, 0) is 63.1 Å². The fourth-order valence-electron chi connectivity index (χ4n) is 4.24. The predicted octanol–water partition coefficient (Wildman–Crippen LogP) is 4.22. The van der Waals surface area contributed by atoms with Crippen molar-refractivity contribution in [1.29, 1.82) is 0 Å². The van der Waals surface area contributed by atoms with Gasteiger partial charge in [-0.25, -0.2) is 12.7 Å². The van der Waals surface area contributed by atoms with Crippen molar-refractivity contribution in [2.45, 2.75) is 46.5 Å². The van der Waals surface area contributed by atoms with Gasteiger partial charge in [0.25, 0.3) is 0 Å². The van der Waals surface area contributed by atoms with E-state index in [1.165, 1.54) is 4.31 Å². The molecule has 5 nitrogen and oxygen atoms in total. The van der Waals surface area contributed by atoms with Crippen LogP contribution in [0.1, 0.15) is 41.5 Å². The molecule has 1 fully saturated rings. The highest BCUT2D eigenvalue weighted by molar-refractivity contribution is 7.89. The third kappa shape index (κ3) is 5.70. The van der Waals surface area contributed by atoms with Gasteiger partial charge in [-0.1, -0.05) is 48.0 Å². The number of rotatable bonds is 7. The average molecular weight is 429 g/mol. The van der Waals surface area contributed by atoms with Crippen LogP contribution in [0.3, 0.4) is 0 Å². The van der Waals surface area contributed by atoms with Crippen LogP contribution in [-0.2, 0) is 21.2 Å². The van der Waals surface area contributed by atoms with E-state index < -0.39 is 10.0 Å². The van der Waals surface area contributed by atoms with Gasteiger partial charge >= 0.3 is 0 Å². The molecule has 1 atom stereocenters. The predicted molar refractivity (Wildman–Crippen MR) is 122 cm³/mol. The molecule has 0 bridgehead atoms. The van der Waals surface area contributed by atoms with Gasteiger partial charge in [0.2, 0.25) is 15.9 Å². The van der Waals surface area contributed by atoms with E-state index >= 15 is 0 Å². The zero-order chi connectivity index (χ0) is 21.7. The Bertz CT molecular complexity index is 964. The standard InChI is InChI=1S/C24H32N2O3S/c1-18-15-19(2)23(20(3)16-18)25-24(27)22-12-7-13-26(17-22)30(28,29)14-8-11-21-9-5-4-6-10-21/h4-6,9-10,15-16,22H,7-8,11-14,17H2,1-3H3,(H,25,27). The SMILES string of the molecule is Cc1cc(C)c(NC(=O)C2CCCN(S(=O)(=O)CCCc3ccccc3)C2)c(C)c1. The maximum absolute atomic E-state index is 12.9. The molecule has 1 aliphatic rings. The molecule has 1 amide bonds. The number of carbonyl (C=O) groups is 1. The summed E-state index contributed by atoms with van der Waals surface area (Å²) in [4.78, 5) is 12.9. The van der Waals surface area contributed by atoms with Gasteiger partial charge in [0.15, 0.2) is 0 Å². The molecule has 3 rings (SSSR count). The number of hydrogen-bond donors (Lipinski definition) is 1. The van der Waals surface area contributed by atoms with Gasteiger partial charge in [0.05, 0.1) is 11.7 Å². The lowest BCUT2D eigenvalue weighted by Crippen LogP contribution is -2.44. The summed E-state index contributed by atoms with van der Waals surface area (Å²) in [5.41, 5.74) is 5.21. The van der Waals surface area contributed by atoms with Crippen molar-refractivity contribution in [3.63, 3.8) is 0 Å². The van der Waals surface area contributed by atoms with E-state index in [4.69, 9.17) is 0 Å². The van der Waals surface area contributed by atoms with E-state index in [-0.39, 0.29) is 24.1 Å². The van der Waals surface area contributed by atoms with Crippen molar-refractivity contribution in [2.75, 3.05) is 24.2 Å². The third-order valence-electron chi connectivity index (χ3n) is 5.78. The van der Waals surface area contributed by atoms with Crippen molar-refractivity contribution in [2.24, 2.45) is 5.92 Å². The van der Waals surface area contributed by atoms with E-state index in [1.54, 1.807) is 0 Å². The van der Waals surface area contributed by atoms with Crippen LogP contribution in [0.4, 0.5) is 5.69 Å². The molecule has 30 heavy (non-hydrogen) atoms. The molecule has 6 heteroatoms. The molecule has 1 heterocycles. The van der Waals surface area contributed by atoms with E-state index in [1.807, 2.05) is 63.2 Å². The second-order valence-electron chi connectivity index (χ2n) is 8.37. The summed E-state index contributed by atoms with van der Waals surface area (Å²) in [6, 6.07) is 14.0. The second kappa shape index (κ2) is 9.75. The minimum absolute atomic E-state index is 0.0887. The Balaban J connectivity index is 1.59. The quantitative estimate of drug-likeness (QED) is 0.718. The molecule has 1 unspecified atom stereocenters. The number of nitrogens with zero attached hydrogens (tertiary/aromatic N) is 1. The Labute approximate surface area is 180 Å². The van der Waals surface area contributed by atoms with Crippen molar-refractivity contribution < 1.29 is 13.2 Å². The van der Waals surface area contributed by atoms with Gasteiger partial charge in [0.1, 0.15) is 0 Å². The van der Waals surface area contributed by atoms with Crippen molar-refractivity contribution in [1.82, 2.24) is 4.31 Å². The topological polar surface area (TPSA) is 66.5 Å². The Morgan fingerprint density at radius 2 is 1.77 bits per heavy atom. The summed E-state index contributed by atoms with van der Waals surface area (Å²) >= 11 is 0. The van der Waals surface area contributed by atoms with E-state index in [9.17, 15) is 13.2 Å². The molecule has 0 radical (unpaired) electrons. The number of anilines is 1. The first kappa shape index (κ1) is 22.5. The summed E-state index contributed by atoms with van der Waals surface area (Å²) in [6.07, 6.45) is 2.75. The minimum atomic E-state index is -3.36. The maximum atomic E-state index is 12.9. The monoisotopic (exact) mass is 428 g/mol. The molecule has 2 aromatic rings. The van der Waals surface area contributed by atoms with Gasteiger partial charge in [-0.3, -0.25) is 4.79 Å². The molecule has 2 aromatic carbocycles. The number of carbonyl (C=O) groups excluding carboxylic acids is 1. The van der Waals surface area contributed by atoms with Crippen LogP contribution in [0, 0.1) is 26.7 Å². The van der Waals surface area contributed by atoms with Crippen LogP contribution in [0.25, 0.3) is 0 Å². The number of hydrogen-bond acceptors (Lipinski definition) is 3. The number of aryl methyl sites for hydroxylation is 4. The van der Waals surface area contributed by atoms with Crippen LogP contribution < -0.4 is 5.32 Å². The summed E-state index contributed by atoms with van der Waals surface area (Å²) in [5, 5.41) is 3.05. The highest BCUT2D eigenvalue weighted by Gasteiger charge is 2.32. The number of sulfonamides is 1. The Hall–Kier alpha value is -2.18. The number of benzene rings is 2. The zero-order valence-corrected chi connectivity index (χ0v) is 19.0. The lowest BCUT2D eigenvalue weighted by Gasteiger charge is -2.31. The first-order valence-corrected chi connectivity index (χ1v) is 12.3. The molecular weight excluding hydrogens is 396 g/mol. The number of piperidine rings is 1. The Kier molecular flexibility index (Phi) is 7.32. The summed E-state index contributed by atoms with van der Waals surface area (Å²) in [7, 11) is -3.36. The van der Waals surface area contributed by atoms with Gasteiger partial charge in [-0.2, -0.15) is 0 Å². The van der Waals surface area contributed by atoms with Crippen molar-refractivity contribution >= 4 is 21.6 Å². The minimum Gasteiger partial charge on any atom is -0.325 e. The fourth-order valence-corrected chi connectivity index (χ4v) is 5.83. The zero-order valence-electron chi connectivity index (χ0n) is 18.1. The van der Waals surface area contributed by atoms with E-state index in [2.05, 4.69) is 5.32 Å². The average Bonchev–Trinajstić information content (AvgIpc) is 2.71. The van der Waals surface area contributed by atoms with Crippen LogP contribution in [0.15, 0.2) is 42.5 Å². The number of nitrogens with one attached hydrogen (secondary N) is 1. The van der Waals surface area contributed by atoms with Crippen LogP contribution in [-0.4, -0.2) is 37.5 Å². The molecule has 0 aromatic heterocycles.